The number of nitrogens with zero attached hydrogens (tertiary/aromatic N) is 1. The van der Waals surface area contributed by atoms with E-state index in [2.05, 4.69) is 24.1 Å². The van der Waals surface area contributed by atoms with Crippen LogP contribution in [-0.2, 0) is 6.54 Å². The Labute approximate surface area is 102 Å². The van der Waals surface area contributed by atoms with Crippen LogP contribution in [0.25, 0.3) is 0 Å². The summed E-state index contributed by atoms with van der Waals surface area (Å²) in [6, 6.07) is 6.13. The summed E-state index contributed by atoms with van der Waals surface area (Å²) in [6.07, 6.45) is 2.24. The van der Waals surface area contributed by atoms with Gasteiger partial charge in [0.15, 0.2) is 11.5 Å². The van der Waals surface area contributed by atoms with Crippen LogP contribution in [0.2, 0.25) is 0 Å². The molecule has 94 valence electrons. The molecule has 0 spiro atoms. The van der Waals surface area contributed by atoms with Crippen molar-refractivity contribution in [3.63, 3.8) is 0 Å². The lowest BCUT2D eigenvalue weighted by Gasteiger charge is -2.16. The molecular weight excluding hydrogens is 216 g/mol. The fraction of sp³-hybridized carbons (Fsp3) is 0.538. The molecule has 0 saturated carbocycles. The zero-order valence-electron chi connectivity index (χ0n) is 10.3. The third-order valence-electron chi connectivity index (χ3n) is 2.88. The van der Waals surface area contributed by atoms with Crippen molar-refractivity contribution in [3.8, 4) is 11.5 Å². The Morgan fingerprint density at radius 2 is 2.06 bits per heavy atom. The van der Waals surface area contributed by atoms with Crippen LogP contribution < -0.4 is 15.2 Å². The Morgan fingerprint density at radius 3 is 2.88 bits per heavy atom. The first kappa shape index (κ1) is 12.2. The quantitative estimate of drug-likeness (QED) is 0.762. The second-order valence-corrected chi connectivity index (χ2v) is 4.42. The van der Waals surface area contributed by atoms with Crippen molar-refractivity contribution in [2.24, 2.45) is 5.73 Å². The molecule has 0 aromatic heterocycles. The molecule has 0 radical (unpaired) electrons. The zero-order valence-corrected chi connectivity index (χ0v) is 10.3. The van der Waals surface area contributed by atoms with Crippen molar-refractivity contribution in [1.29, 1.82) is 0 Å². The third kappa shape index (κ3) is 3.35. The highest BCUT2D eigenvalue weighted by atomic mass is 16.7. The second kappa shape index (κ2) is 5.89. The van der Waals surface area contributed by atoms with Crippen LogP contribution in [0.5, 0.6) is 11.5 Å². The molecule has 4 heteroatoms. The Hall–Kier alpha value is -1.26. The Balaban J connectivity index is 1.86. The molecule has 2 N–H and O–H groups in total. The number of rotatable bonds is 6. The van der Waals surface area contributed by atoms with Gasteiger partial charge in [-0.05, 0) is 50.7 Å². The first-order valence-electron chi connectivity index (χ1n) is 6.07. The summed E-state index contributed by atoms with van der Waals surface area (Å²) in [5, 5.41) is 0. The third-order valence-corrected chi connectivity index (χ3v) is 2.88. The molecule has 0 atom stereocenters. The molecule has 0 amide bonds. The predicted molar refractivity (Wildman–Crippen MR) is 67.2 cm³/mol. The number of unbranched alkanes of at least 4 members (excludes halogenated alkanes) is 1. The van der Waals surface area contributed by atoms with Gasteiger partial charge in [0, 0.05) is 6.54 Å². The van der Waals surface area contributed by atoms with Crippen molar-refractivity contribution < 1.29 is 9.47 Å². The molecule has 2 rings (SSSR count). The SMILES string of the molecule is CN(CCCCN)Cc1ccc2c(c1)OCO2. The van der Waals surface area contributed by atoms with Crippen LogP contribution in [0.4, 0.5) is 0 Å². The van der Waals surface area contributed by atoms with Gasteiger partial charge < -0.3 is 20.1 Å². The maximum absolute atomic E-state index is 5.48. The van der Waals surface area contributed by atoms with Crippen molar-refractivity contribution in [1.82, 2.24) is 4.90 Å². The summed E-state index contributed by atoms with van der Waals surface area (Å²) in [5.74, 6) is 1.71. The lowest BCUT2D eigenvalue weighted by atomic mass is 10.2. The molecular formula is C13H20N2O2. The zero-order chi connectivity index (χ0) is 12.1. The van der Waals surface area contributed by atoms with E-state index in [-0.39, 0.29) is 0 Å². The summed E-state index contributed by atoms with van der Waals surface area (Å²) in [5.41, 5.74) is 6.73. The van der Waals surface area contributed by atoms with Crippen molar-refractivity contribution in [2.75, 3.05) is 26.9 Å². The molecule has 4 nitrogen and oxygen atoms in total. The highest BCUT2D eigenvalue weighted by Gasteiger charge is 2.13. The summed E-state index contributed by atoms with van der Waals surface area (Å²) < 4.78 is 10.7. The van der Waals surface area contributed by atoms with Gasteiger partial charge in [0.2, 0.25) is 6.79 Å². The molecule has 1 aromatic carbocycles. The molecule has 0 saturated heterocycles. The lowest BCUT2D eigenvalue weighted by molar-refractivity contribution is 0.174. The summed E-state index contributed by atoms with van der Waals surface area (Å²) in [7, 11) is 2.13. The van der Waals surface area contributed by atoms with Gasteiger partial charge in [-0.25, -0.2) is 0 Å². The Bertz CT molecular complexity index is 368. The predicted octanol–water partition coefficient (Wildman–Crippen LogP) is 1.59. The van der Waals surface area contributed by atoms with E-state index in [9.17, 15) is 0 Å². The minimum atomic E-state index is 0.338. The van der Waals surface area contributed by atoms with E-state index in [0.29, 0.717) is 6.79 Å². The maximum atomic E-state index is 5.48. The van der Waals surface area contributed by atoms with Crippen LogP contribution in [0, 0.1) is 0 Å². The van der Waals surface area contributed by atoms with E-state index in [0.717, 1.165) is 44.0 Å². The van der Waals surface area contributed by atoms with Gasteiger partial charge in [0.05, 0.1) is 0 Å². The molecule has 0 fully saturated rings. The standard InChI is InChI=1S/C13H20N2O2/c1-15(7-3-2-6-14)9-11-4-5-12-13(8-11)17-10-16-12/h4-5,8H,2-3,6-7,9-10,14H2,1H3. The molecule has 1 heterocycles. The number of fused-ring (bicyclic) bond motifs is 1. The second-order valence-electron chi connectivity index (χ2n) is 4.42. The summed E-state index contributed by atoms with van der Waals surface area (Å²) in [4.78, 5) is 2.30. The van der Waals surface area contributed by atoms with Crippen LogP contribution in [0.15, 0.2) is 18.2 Å². The first-order chi connectivity index (χ1) is 8.29. The number of ether oxygens (including phenoxy) is 2. The molecule has 0 aliphatic carbocycles. The van der Waals surface area contributed by atoms with Crippen LogP contribution in [0.1, 0.15) is 18.4 Å². The van der Waals surface area contributed by atoms with Crippen molar-refractivity contribution in [3.05, 3.63) is 23.8 Å². The van der Waals surface area contributed by atoms with Gasteiger partial charge in [-0.2, -0.15) is 0 Å². The van der Waals surface area contributed by atoms with Gasteiger partial charge in [-0.3, -0.25) is 0 Å². The monoisotopic (exact) mass is 236 g/mol. The van der Waals surface area contributed by atoms with E-state index in [4.69, 9.17) is 15.2 Å². The maximum Gasteiger partial charge on any atom is 0.231 e. The van der Waals surface area contributed by atoms with Gasteiger partial charge in [-0.15, -0.1) is 0 Å². The normalized spacial score (nSPS) is 13.4. The summed E-state index contributed by atoms with van der Waals surface area (Å²) >= 11 is 0. The average molecular weight is 236 g/mol. The highest BCUT2D eigenvalue weighted by molar-refractivity contribution is 5.44. The summed E-state index contributed by atoms with van der Waals surface area (Å²) in [6.45, 7) is 3.12. The fourth-order valence-corrected chi connectivity index (χ4v) is 1.96. The molecule has 1 aliphatic rings. The molecule has 17 heavy (non-hydrogen) atoms. The van der Waals surface area contributed by atoms with Crippen molar-refractivity contribution >= 4 is 0 Å². The number of hydrogen-bond acceptors (Lipinski definition) is 4. The smallest absolute Gasteiger partial charge is 0.231 e. The van der Waals surface area contributed by atoms with Gasteiger partial charge >= 0.3 is 0 Å². The minimum Gasteiger partial charge on any atom is -0.454 e. The molecule has 0 unspecified atom stereocenters. The van der Waals surface area contributed by atoms with Crippen LogP contribution in [-0.4, -0.2) is 31.8 Å². The molecule has 1 aliphatic heterocycles. The van der Waals surface area contributed by atoms with Gasteiger partial charge in [0.1, 0.15) is 0 Å². The van der Waals surface area contributed by atoms with Crippen molar-refractivity contribution in [2.45, 2.75) is 19.4 Å². The lowest BCUT2D eigenvalue weighted by Crippen LogP contribution is -2.19. The highest BCUT2D eigenvalue weighted by Crippen LogP contribution is 2.32. The van der Waals surface area contributed by atoms with Gasteiger partial charge in [-0.1, -0.05) is 6.07 Å². The van der Waals surface area contributed by atoms with Crippen LogP contribution >= 0.6 is 0 Å². The van der Waals surface area contributed by atoms with E-state index >= 15 is 0 Å². The topological polar surface area (TPSA) is 47.7 Å². The number of hydrogen-bond donors (Lipinski definition) is 1. The number of benzene rings is 1. The van der Waals surface area contributed by atoms with E-state index in [1.54, 1.807) is 0 Å². The first-order valence-corrected chi connectivity index (χ1v) is 6.07. The van der Waals surface area contributed by atoms with E-state index in [1.165, 1.54) is 5.56 Å². The van der Waals surface area contributed by atoms with E-state index in [1.807, 2.05) is 6.07 Å². The number of nitrogens with two attached hydrogens (primary N) is 1. The fourth-order valence-electron chi connectivity index (χ4n) is 1.96. The molecule has 0 bridgehead atoms. The molecule has 1 aromatic rings. The Kier molecular flexibility index (Phi) is 4.23. The van der Waals surface area contributed by atoms with Gasteiger partial charge in [0.25, 0.3) is 0 Å². The van der Waals surface area contributed by atoms with Crippen LogP contribution in [0.3, 0.4) is 0 Å². The minimum absolute atomic E-state index is 0.338. The largest absolute Gasteiger partial charge is 0.454 e. The van der Waals surface area contributed by atoms with E-state index < -0.39 is 0 Å². The average Bonchev–Trinajstić information content (AvgIpc) is 2.76. The Morgan fingerprint density at radius 1 is 1.24 bits per heavy atom.